The fraction of sp³-hybridized carbons (Fsp3) is 0.474. The second-order valence-electron chi connectivity index (χ2n) is 7.43. The number of fused-ring (bicyclic) bond motifs is 1. The SMILES string of the molecule is CC(C)NC(Cc1cc2ccccc2n1C(=O)OC(C)(C)C)C(=O)O. The lowest BCUT2D eigenvalue weighted by molar-refractivity contribution is -0.139. The van der Waals surface area contributed by atoms with Crippen molar-refractivity contribution in [3.8, 4) is 0 Å². The number of aliphatic carboxylic acids is 1. The van der Waals surface area contributed by atoms with Crippen LogP contribution < -0.4 is 5.32 Å². The summed E-state index contributed by atoms with van der Waals surface area (Å²) >= 11 is 0. The van der Waals surface area contributed by atoms with Crippen molar-refractivity contribution in [3.63, 3.8) is 0 Å². The Morgan fingerprint density at radius 1 is 1.24 bits per heavy atom. The number of rotatable bonds is 5. The van der Waals surface area contributed by atoms with Crippen molar-refractivity contribution in [2.24, 2.45) is 0 Å². The Bertz CT molecular complexity index is 771. The lowest BCUT2D eigenvalue weighted by Gasteiger charge is -2.22. The molecule has 2 N–H and O–H groups in total. The zero-order valence-electron chi connectivity index (χ0n) is 15.4. The van der Waals surface area contributed by atoms with Gasteiger partial charge in [0.1, 0.15) is 11.6 Å². The van der Waals surface area contributed by atoms with Gasteiger partial charge >= 0.3 is 12.1 Å². The average Bonchev–Trinajstić information content (AvgIpc) is 2.82. The number of hydrogen-bond acceptors (Lipinski definition) is 4. The summed E-state index contributed by atoms with van der Waals surface area (Å²) in [4.78, 5) is 24.3. The minimum atomic E-state index is -0.949. The van der Waals surface area contributed by atoms with Crippen molar-refractivity contribution in [2.45, 2.75) is 58.7 Å². The Balaban J connectivity index is 2.46. The van der Waals surface area contributed by atoms with Gasteiger partial charge in [0.25, 0.3) is 0 Å². The van der Waals surface area contributed by atoms with Crippen molar-refractivity contribution in [1.29, 1.82) is 0 Å². The van der Waals surface area contributed by atoms with E-state index in [0.29, 0.717) is 11.2 Å². The van der Waals surface area contributed by atoms with Gasteiger partial charge in [-0.05, 0) is 32.9 Å². The van der Waals surface area contributed by atoms with Crippen molar-refractivity contribution in [1.82, 2.24) is 9.88 Å². The third-order valence-corrected chi connectivity index (χ3v) is 3.61. The van der Waals surface area contributed by atoms with Gasteiger partial charge in [0.2, 0.25) is 0 Å². The first-order chi connectivity index (χ1) is 11.6. The number of aromatic nitrogens is 1. The first-order valence-electron chi connectivity index (χ1n) is 8.40. The molecule has 1 heterocycles. The fourth-order valence-electron chi connectivity index (χ4n) is 2.71. The number of hydrogen-bond donors (Lipinski definition) is 2. The number of nitrogens with zero attached hydrogens (tertiary/aromatic N) is 1. The summed E-state index contributed by atoms with van der Waals surface area (Å²) in [5, 5.41) is 13.4. The Hall–Kier alpha value is -2.34. The van der Waals surface area contributed by atoms with Crippen molar-refractivity contribution in [2.75, 3.05) is 0 Å². The molecule has 0 aliphatic carbocycles. The molecule has 0 aliphatic rings. The van der Waals surface area contributed by atoms with Crippen LogP contribution in [0, 0.1) is 0 Å². The first kappa shape index (κ1) is 19.0. The van der Waals surface area contributed by atoms with Gasteiger partial charge in [-0.1, -0.05) is 32.0 Å². The van der Waals surface area contributed by atoms with E-state index in [1.54, 1.807) is 20.8 Å². The number of carboxylic acids is 1. The molecule has 1 unspecified atom stereocenters. The predicted octanol–water partition coefficient (Wildman–Crippen LogP) is 3.42. The third-order valence-electron chi connectivity index (χ3n) is 3.61. The second-order valence-corrected chi connectivity index (χ2v) is 7.43. The van der Waals surface area contributed by atoms with Gasteiger partial charge in [0.15, 0.2) is 0 Å². The van der Waals surface area contributed by atoms with E-state index in [-0.39, 0.29) is 12.5 Å². The number of ether oxygens (including phenoxy) is 1. The summed E-state index contributed by atoms with van der Waals surface area (Å²) < 4.78 is 6.98. The standard InChI is InChI=1S/C19H26N2O4/c1-12(2)20-15(17(22)23)11-14-10-13-8-6-7-9-16(13)21(14)18(24)25-19(3,4)5/h6-10,12,15,20H,11H2,1-5H3,(H,22,23). The normalized spacial score (nSPS) is 13.2. The molecule has 0 saturated heterocycles. The third kappa shape index (κ3) is 4.82. The van der Waals surface area contributed by atoms with Crippen LogP contribution in [0.3, 0.4) is 0 Å². The number of para-hydroxylation sites is 1. The van der Waals surface area contributed by atoms with E-state index < -0.39 is 23.7 Å². The molecule has 1 atom stereocenters. The molecule has 1 aromatic heterocycles. The van der Waals surface area contributed by atoms with E-state index in [4.69, 9.17) is 4.74 Å². The number of carboxylic acid groups (broad SMARTS) is 1. The molecule has 1 aromatic carbocycles. The van der Waals surface area contributed by atoms with Crippen LogP contribution in [0.5, 0.6) is 0 Å². The fourth-order valence-corrected chi connectivity index (χ4v) is 2.71. The van der Waals surface area contributed by atoms with Gasteiger partial charge in [-0.25, -0.2) is 9.36 Å². The van der Waals surface area contributed by atoms with Gasteiger partial charge in [-0.2, -0.15) is 0 Å². The molecule has 0 aliphatic heterocycles. The second kappa shape index (κ2) is 7.27. The highest BCUT2D eigenvalue weighted by Crippen LogP contribution is 2.23. The zero-order valence-corrected chi connectivity index (χ0v) is 15.4. The van der Waals surface area contributed by atoms with E-state index in [0.717, 1.165) is 5.39 Å². The minimum absolute atomic E-state index is 0.0143. The van der Waals surface area contributed by atoms with Crippen LogP contribution in [-0.2, 0) is 16.0 Å². The van der Waals surface area contributed by atoms with Crippen LogP contribution in [0.2, 0.25) is 0 Å². The van der Waals surface area contributed by atoms with Crippen LogP contribution in [0.4, 0.5) is 4.79 Å². The Morgan fingerprint density at radius 3 is 2.44 bits per heavy atom. The largest absolute Gasteiger partial charge is 0.480 e. The van der Waals surface area contributed by atoms with Gasteiger partial charge in [0, 0.05) is 23.5 Å². The van der Waals surface area contributed by atoms with Crippen molar-refractivity contribution >= 4 is 23.0 Å². The molecule has 2 aromatic rings. The van der Waals surface area contributed by atoms with Gasteiger partial charge in [0.05, 0.1) is 5.52 Å². The number of carbonyl (C=O) groups excluding carboxylic acids is 1. The van der Waals surface area contributed by atoms with Gasteiger partial charge < -0.3 is 15.2 Å². The highest BCUT2D eigenvalue weighted by atomic mass is 16.6. The van der Waals surface area contributed by atoms with Crippen LogP contribution in [0.1, 0.15) is 40.3 Å². The first-order valence-corrected chi connectivity index (χ1v) is 8.40. The summed E-state index contributed by atoms with van der Waals surface area (Å²) in [6.07, 6.45) is -0.320. The van der Waals surface area contributed by atoms with Gasteiger partial charge in [-0.15, -0.1) is 0 Å². The lowest BCUT2D eigenvalue weighted by Crippen LogP contribution is -2.43. The van der Waals surface area contributed by atoms with E-state index in [9.17, 15) is 14.7 Å². The molecule has 6 nitrogen and oxygen atoms in total. The van der Waals surface area contributed by atoms with Crippen LogP contribution in [-0.4, -0.2) is 39.4 Å². The molecular formula is C19H26N2O4. The summed E-state index contributed by atoms with van der Waals surface area (Å²) in [6, 6.07) is 8.52. The number of nitrogens with one attached hydrogen (secondary N) is 1. The Kier molecular flexibility index (Phi) is 5.52. The minimum Gasteiger partial charge on any atom is -0.480 e. The quantitative estimate of drug-likeness (QED) is 0.867. The topological polar surface area (TPSA) is 80.6 Å². The number of carbonyl (C=O) groups is 2. The Morgan fingerprint density at radius 2 is 1.88 bits per heavy atom. The summed E-state index contributed by atoms with van der Waals surface area (Å²) in [5.41, 5.74) is 0.679. The molecule has 0 radical (unpaired) electrons. The zero-order chi connectivity index (χ0) is 18.8. The highest BCUT2D eigenvalue weighted by Gasteiger charge is 2.26. The smallest absolute Gasteiger partial charge is 0.419 e. The summed E-state index contributed by atoms with van der Waals surface area (Å²) in [5.74, 6) is -0.949. The van der Waals surface area contributed by atoms with Crippen LogP contribution in [0.15, 0.2) is 30.3 Å². The Labute approximate surface area is 147 Å². The maximum atomic E-state index is 12.7. The molecule has 0 amide bonds. The molecular weight excluding hydrogens is 320 g/mol. The molecule has 0 bridgehead atoms. The molecule has 6 heteroatoms. The van der Waals surface area contributed by atoms with E-state index in [2.05, 4.69) is 5.32 Å². The summed E-state index contributed by atoms with van der Waals surface area (Å²) in [7, 11) is 0. The van der Waals surface area contributed by atoms with Crippen molar-refractivity contribution < 1.29 is 19.4 Å². The predicted molar refractivity (Wildman–Crippen MR) is 97.0 cm³/mol. The molecule has 2 rings (SSSR count). The highest BCUT2D eigenvalue weighted by molar-refractivity contribution is 5.91. The van der Waals surface area contributed by atoms with Crippen LogP contribution >= 0.6 is 0 Å². The van der Waals surface area contributed by atoms with E-state index in [1.807, 2.05) is 44.2 Å². The molecule has 25 heavy (non-hydrogen) atoms. The molecule has 0 spiro atoms. The molecule has 0 fully saturated rings. The average molecular weight is 346 g/mol. The van der Waals surface area contributed by atoms with E-state index >= 15 is 0 Å². The maximum Gasteiger partial charge on any atom is 0.419 e. The molecule has 0 saturated carbocycles. The van der Waals surface area contributed by atoms with Crippen LogP contribution in [0.25, 0.3) is 10.9 Å². The summed E-state index contributed by atoms with van der Waals surface area (Å²) in [6.45, 7) is 9.18. The van der Waals surface area contributed by atoms with E-state index in [1.165, 1.54) is 4.57 Å². The monoisotopic (exact) mass is 346 g/mol. The van der Waals surface area contributed by atoms with Crippen molar-refractivity contribution in [3.05, 3.63) is 36.0 Å². The number of benzene rings is 1. The maximum absolute atomic E-state index is 12.7. The lowest BCUT2D eigenvalue weighted by atomic mass is 10.1. The molecule has 136 valence electrons. The van der Waals surface area contributed by atoms with Gasteiger partial charge in [-0.3, -0.25) is 4.79 Å².